The van der Waals surface area contributed by atoms with E-state index in [1.807, 2.05) is 19.9 Å². The molecule has 4 aliphatic rings. The molecule has 0 heterocycles. The van der Waals surface area contributed by atoms with Crippen molar-refractivity contribution >= 4 is 23.7 Å². The predicted octanol–water partition coefficient (Wildman–Crippen LogP) is 4.09. The molecule has 0 aromatic carbocycles. The Hall–Kier alpha value is -2.48. The second-order valence-electron chi connectivity index (χ2n) is 11.3. The maximum atomic E-state index is 13.7. The first-order valence-electron chi connectivity index (χ1n) is 13.1. The molecular formula is C28H38O8. The number of ether oxygens (including phenoxy) is 3. The van der Waals surface area contributed by atoms with E-state index in [9.17, 15) is 24.3 Å². The first kappa shape index (κ1) is 26.6. The molecule has 198 valence electrons. The number of carbonyl (C=O) groups excluding carboxylic acids is 4. The smallest absolute Gasteiger partial charge is 0.457 e. The summed E-state index contributed by atoms with van der Waals surface area (Å²) in [7, 11) is 1.19. The number of fused-ring (bicyclic) bond motifs is 5. The number of rotatable bonds is 7. The van der Waals surface area contributed by atoms with Crippen LogP contribution in [-0.2, 0) is 28.6 Å². The molecule has 3 saturated carbocycles. The molecule has 8 nitrogen and oxygen atoms in total. The summed E-state index contributed by atoms with van der Waals surface area (Å²) in [5, 5.41) is 11.6. The zero-order valence-corrected chi connectivity index (χ0v) is 21.7. The van der Waals surface area contributed by atoms with Crippen LogP contribution in [0.15, 0.2) is 23.8 Å². The van der Waals surface area contributed by atoms with Crippen molar-refractivity contribution in [3.8, 4) is 0 Å². The number of hydrogen-bond acceptors (Lipinski definition) is 8. The van der Waals surface area contributed by atoms with Gasteiger partial charge in [-0.15, -0.1) is 0 Å². The topological polar surface area (TPSA) is 116 Å². The van der Waals surface area contributed by atoms with Crippen LogP contribution in [0.2, 0.25) is 0 Å². The van der Waals surface area contributed by atoms with Crippen LogP contribution in [0.3, 0.4) is 0 Å². The van der Waals surface area contributed by atoms with Gasteiger partial charge in [-0.2, -0.15) is 0 Å². The van der Waals surface area contributed by atoms with Crippen LogP contribution < -0.4 is 0 Å². The molecule has 1 unspecified atom stereocenters. The van der Waals surface area contributed by atoms with E-state index in [1.165, 1.54) is 7.11 Å². The highest BCUT2D eigenvalue weighted by Gasteiger charge is 2.70. The van der Waals surface area contributed by atoms with Crippen molar-refractivity contribution in [3.63, 3.8) is 0 Å². The molecule has 4 aliphatic carbocycles. The Bertz CT molecular complexity index is 998. The number of unbranched alkanes of at least 4 members (excludes halogenated alkanes) is 1. The third-order valence-electron chi connectivity index (χ3n) is 9.59. The maximum Gasteiger partial charge on any atom is 0.509 e. The van der Waals surface area contributed by atoms with E-state index >= 15 is 0 Å². The molecule has 4 rings (SSSR count). The van der Waals surface area contributed by atoms with Crippen LogP contribution in [0.1, 0.15) is 72.1 Å². The number of ketones is 2. The van der Waals surface area contributed by atoms with Gasteiger partial charge in [-0.3, -0.25) is 14.4 Å². The Morgan fingerprint density at radius 2 is 1.94 bits per heavy atom. The molecule has 0 aliphatic heterocycles. The third-order valence-corrected chi connectivity index (χ3v) is 9.59. The molecule has 3 fully saturated rings. The average molecular weight is 503 g/mol. The van der Waals surface area contributed by atoms with Crippen molar-refractivity contribution in [2.24, 2.45) is 28.6 Å². The largest absolute Gasteiger partial charge is 0.509 e. The molecule has 0 spiro atoms. The van der Waals surface area contributed by atoms with Crippen molar-refractivity contribution in [3.05, 3.63) is 23.8 Å². The van der Waals surface area contributed by atoms with Gasteiger partial charge in [-0.25, -0.2) is 4.79 Å². The number of Topliss-reactive ketones (excluding diaryl/α,β-unsaturated/α-hetero) is 1. The first-order valence-corrected chi connectivity index (χ1v) is 13.1. The fourth-order valence-electron chi connectivity index (χ4n) is 7.84. The molecule has 0 aromatic rings. The monoisotopic (exact) mass is 502 g/mol. The van der Waals surface area contributed by atoms with Gasteiger partial charge in [0.2, 0.25) is 5.78 Å². The van der Waals surface area contributed by atoms with Crippen molar-refractivity contribution in [2.75, 3.05) is 13.7 Å². The molecule has 0 amide bonds. The maximum absolute atomic E-state index is 13.7. The van der Waals surface area contributed by atoms with E-state index in [0.29, 0.717) is 12.8 Å². The minimum Gasteiger partial charge on any atom is -0.457 e. The second kappa shape index (κ2) is 9.77. The minimum atomic E-state index is -1.56. The lowest BCUT2D eigenvalue weighted by molar-refractivity contribution is -0.185. The van der Waals surface area contributed by atoms with Gasteiger partial charge in [0.1, 0.15) is 0 Å². The van der Waals surface area contributed by atoms with Crippen LogP contribution in [0.25, 0.3) is 0 Å². The van der Waals surface area contributed by atoms with Gasteiger partial charge in [0.05, 0.1) is 13.2 Å². The molecule has 1 N–H and O–H groups in total. The molecule has 8 heteroatoms. The van der Waals surface area contributed by atoms with Crippen LogP contribution in [-0.4, -0.2) is 54.2 Å². The van der Waals surface area contributed by atoms with Crippen molar-refractivity contribution < 1.29 is 38.5 Å². The molecule has 0 bridgehead atoms. The fraction of sp³-hybridized carbons (Fsp3) is 0.714. The van der Waals surface area contributed by atoms with E-state index in [2.05, 4.69) is 6.92 Å². The van der Waals surface area contributed by atoms with Gasteiger partial charge in [0, 0.05) is 23.2 Å². The van der Waals surface area contributed by atoms with E-state index in [-0.39, 0.29) is 42.8 Å². The number of aliphatic hydroxyl groups excluding tert-OH is 1. The van der Waals surface area contributed by atoms with Gasteiger partial charge >= 0.3 is 12.1 Å². The van der Waals surface area contributed by atoms with Crippen molar-refractivity contribution in [1.29, 1.82) is 0 Å². The van der Waals surface area contributed by atoms with E-state index in [0.717, 1.165) is 24.8 Å². The highest BCUT2D eigenvalue weighted by Crippen LogP contribution is 2.67. The quantitative estimate of drug-likeness (QED) is 0.518. The van der Waals surface area contributed by atoms with Crippen LogP contribution in [0.4, 0.5) is 4.79 Å². The summed E-state index contributed by atoms with van der Waals surface area (Å²) in [6.07, 6.45) is 7.87. The van der Waals surface area contributed by atoms with Crippen LogP contribution in [0.5, 0.6) is 0 Å². The number of hydrogen-bond donors (Lipinski definition) is 1. The Morgan fingerprint density at radius 3 is 2.64 bits per heavy atom. The molecule has 0 aromatic heterocycles. The molecule has 7 atom stereocenters. The summed E-state index contributed by atoms with van der Waals surface area (Å²) in [5.74, 6) is -1.00. The van der Waals surface area contributed by atoms with Gasteiger partial charge in [-0.1, -0.05) is 38.8 Å². The van der Waals surface area contributed by atoms with Crippen LogP contribution in [0, 0.1) is 28.6 Å². The highest BCUT2D eigenvalue weighted by molar-refractivity contribution is 6.01. The van der Waals surface area contributed by atoms with E-state index in [1.54, 1.807) is 12.2 Å². The third kappa shape index (κ3) is 4.11. The SMILES string of the molecule is CCCCC(=O)OCC(=O)[C@@]1(OC(=O)OC)CC[C@H]2[C@@H]3CCC4=CC(=O)C=C[C@]4(C)[C@H]3C(O)C[C@@]21C. The molecule has 0 saturated heterocycles. The van der Waals surface area contributed by atoms with E-state index < -0.39 is 47.0 Å². The Balaban J connectivity index is 1.65. The first-order chi connectivity index (χ1) is 17.0. The predicted molar refractivity (Wildman–Crippen MR) is 130 cm³/mol. The Morgan fingerprint density at radius 1 is 1.19 bits per heavy atom. The zero-order chi connectivity index (χ0) is 26.3. The van der Waals surface area contributed by atoms with Gasteiger partial charge in [0.25, 0.3) is 0 Å². The summed E-state index contributed by atoms with van der Waals surface area (Å²) < 4.78 is 15.9. The summed E-state index contributed by atoms with van der Waals surface area (Å²) in [6.45, 7) is 5.47. The average Bonchev–Trinajstić information content (AvgIpc) is 3.13. The van der Waals surface area contributed by atoms with E-state index in [4.69, 9.17) is 14.2 Å². The summed E-state index contributed by atoms with van der Waals surface area (Å²) in [5.41, 5.74) is -1.81. The highest BCUT2D eigenvalue weighted by atomic mass is 16.7. The van der Waals surface area contributed by atoms with Crippen molar-refractivity contribution in [2.45, 2.75) is 83.8 Å². The summed E-state index contributed by atoms with van der Waals surface area (Å²) in [4.78, 5) is 50.2. The fourth-order valence-corrected chi connectivity index (χ4v) is 7.84. The number of allylic oxidation sites excluding steroid dienone is 4. The second-order valence-corrected chi connectivity index (χ2v) is 11.3. The number of carbonyl (C=O) groups is 4. The van der Waals surface area contributed by atoms with Gasteiger partial charge < -0.3 is 19.3 Å². The molecule has 0 radical (unpaired) electrons. The lowest BCUT2D eigenvalue weighted by Gasteiger charge is -2.59. The Kier molecular flexibility index (Phi) is 7.21. The van der Waals surface area contributed by atoms with Crippen molar-refractivity contribution in [1.82, 2.24) is 0 Å². The number of aliphatic hydroxyl groups is 1. The van der Waals surface area contributed by atoms with Gasteiger partial charge in [-0.05, 0) is 62.5 Å². The summed E-state index contributed by atoms with van der Waals surface area (Å²) >= 11 is 0. The number of esters is 1. The molecular weight excluding hydrogens is 464 g/mol. The number of methoxy groups -OCH3 is 1. The Labute approximate surface area is 212 Å². The summed E-state index contributed by atoms with van der Waals surface area (Å²) in [6, 6.07) is 0. The molecule has 36 heavy (non-hydrogen) atoms. The normalized spacial score (nSPS) is 38.8. The lowest BCUT2D eigenvalue weighted by Crippen LogP contribution is -2.63. The standard InChI is InChI=1S/C28H38O8/c1-5-6-7-23(32)35-16-22(31)28(36-25(33)34-4)13-11-20-19-9-8-17-14-18(29)10-12-26(17,2)24(19)21(30)15-27(20,28)3/h10,12,14,19-21,24,30H,5-9,11,13,15-16H2,1-4H3/t19-,20-,21?,24+,26-,27-,28-/m0/s1. The lowest BCUT2D eigenvalue weighted by atomic mass is 9.46. The van der Waals surface area contributed by atoms with Gasteiger partial charge in [0.15, 0.2) is 18.0 Å². The zero-order valence-electron chi connectivity index (χ0n) is 21.7. The minimum absolute atomic E-state index is 0.000276. The van der Waals surface area contributed by atoms with Crippen LogP contribution >= 0.6 is 0 Å².